The van der Waals surface area contributed by atoms with E-state index in [2.05, 4.69) is 24.1 Å². The number of nitrogens with zero attached hydrogens (tertiary/aromatic N) is 1. The van der Waals surface area contributed by atoms with E-state index in [0.717, 1.165) is 13.1 Å². The molecular weight excluding hydrogens is 225 g/mol. The van der Waals surface area contributed by atoms with Crippen LogP contribution in [-0.4, -0.2) is 42.5 Å². The molecule has 1 aliphatic heterocycles. The highest BCUT2D eigenvalue weighted by atomic mass is 35.5. The lowest BCUT2D eigenvalue weighted by Gasteiger charge is -2.38. The Kier molecular flexibility index (Phi) is 8.54. The van der Waals surface area contributed by atoms with Crippen molar-refractivity contribution in [3.05, 3.63) is 0 Å². The molecule has 1 amide bonds. The fourth-order valence-corrected chi connectivity index (χ4v) is 1.66. The van der Waals surface area contributed by atoms with E-state index >= 15 is 0 Å². The molecule has 0 aromatic carbocycles. The third kappa shape index (κ3) is 4.46. The third-order valence-corrected chi connectivity index (χ3v) is 2.35. The molecule has 14 heavy (non-hydrogen) atoms. The maximum absolute atomic E-state index is 10.7. The van der Waals surface area contributed by atoms with Gasteiger partial charge >= 0.3 is 0 Å². The summed E-state index contributed by atoms with van der Waals surface area (Å²) in [4.78, 5) is 12.9. The second kappa shape index (κ2) is 7.29. The lowest BCUT2D eigenvalue weighted by Crippen LogP contribution is -2.56. The lowest BCUT2D eigenvalue weighted by molar-refractivity contribution is -0.120. The van der Waals surface area contributed by atoms with Crippen LogP contribution in [0, 0.1) is 0 Å². The van der Waals surface area contributed by atoms with Gasteiger partial charge in [-0.2, -0.15) is 0 Å². The van der Waals surface area contributed by atoms with Crippen molar-refractivity contribution in [2.24, 2.45) is 5.73 Å². The number of amides is 1. The van der Waals surface area contributed by atoms with Crippen LogP contribution in [0.2, 0.25) is 0 Å². The van der Waals surface area contributed by atoms with Crippen LogP contribution in [0.3, 0.4) is 0 Å². The van der Waals surface area contributed by atoms with Gasteiger partial charge in [0.2, 0.25) is 5.91 Å². The van der Waals surface area contributed by atoms with E-state index in [1.54, 1.807) is 0 Å². The number of nitrogens with one attached hydrogen (secondary N) is 1. The van der Waals surface area contributed by atoms with E-state index in [1.807, 2.05) is 0 Å². The standard InChI is InChI=1S/C8H17N3O.2ClH/c1-6-3-10-4-7(2)11(6)5-8(9)12;;/h6-7,10H,3-5H2,1-2H3,(H2,9,12);2*1H/t6-,7+;;. The van der Waals surface area contributed by atoms with Gasteiger partial charge in [0, 0.05) is 25.2 Å². The molecule has 1 rings (SSSR count). The van der Waals surface area contributed by atoms with Crippen molar-refractivity contribution in [3.63, 3.8) is 0 Å². The number of carbonyl (C=O) groups excluding carboxylic acids is 1. The molecule has 0 unspecified atom stereocenters. The summed E-state index contributed by atoms with van der Waals surface area (Å²) >= 11 is 0. The quantitative estimate of drug-likeness (QED) is 0.718. The molecule has 0 radical (unpaired) electrons. The maximum atomic E-state index is 10.7. The zero-order chi connectivity index (χ0) is 9.14. The first-order chi connectivity index (χ1) is 5.61. The van der Waals surface area contributed by atoms with Gasteiger partial charge in [0.05, 0.1) is 6.54 Å². The predicted molar refractivity (Wildman–Crippen MR) is 62.2 cm³/mol. The monoisotopic (exact) mass is 243 g/mol. The van der Waals surface area contributed by atoms with Crippen LogP contribution in [0.25, 0.3) is 0 Å². The fraction of sp³-hybridized carbons (Fsp3) is 0.875. The average molecular weight is 244 g/mol. The Bertz CT molecular complexity index is 170. The van der Waals surface area contributed by atoms with E-state index in [-0.39, 0.29) is 30.7 Å². The van der Waals surface area contributed by atoms with Gasteiger partial charge in [-0.25, -0.2) is 0 Å². The molecule has 1 aliphatic rings. The van der Waals surface area contributed by atoms with Crippen molar-refractivity contribution in [1.29, 1.82) is 0 Å². The molecule has 0 bridgehead atoms. The Labute approximate surface area is 97.4 Å². The molecule has 86 valence electrons. The largest absolute Gasteiger partial charge is 0.369 e. The number of hydrogen-bond acceptors (Lipinski definition) is 3. The SMILES string of the molecule is C[C@@H]1CNC[C@H](C)N1CC(N)=O.Cl.Cl. The summed E-state index contributed by atoms with van der Waals surface area (Å²) in [5.74, 6) is -0.240. The van der Waals surface area contributed by atoms with Crippen molar-refractivity contribution >= 4 is 30.7 Å². The lowest BCUT2D eigenvalue weighted by atomic mass is 10.1. The summed E-state index contributed by atoms with van der Waals surface area (Å²) in [7, 11) is 0. The molecule has 6 heteroatoms. The normalized spacial score (nSPS) is 27.3. The summed E-state index contributed by atoms with van der Waals surface area (Å²) < 4.78 is 0. The molecule has 0 aromatic rings. The number of piperazine rings is 1. The number of primary amides is 1. The van der Waals surface area contributed by atoms with Crippen molar-refractivity contribution in [2.45, 2.75) is 25.9 Å². The van der Waals surface area contributed by atoms with Crippen LogP contribution in [-0.2, 0) is 4.79 Å². The minimum Gasteiger partial charge on any atom is -0.369 e. The number of nitrogens with two attached hydrogens (primary N) is 1. The smallest absolute Gasteiger partial charge is 0.231 e. The van der Waals surface area contributed by atoms with Crippen LogP contribution in [0.4, 0.5) is 0 Å². The number of halogens is 2. The van der Waals surface area contributed by atoms with Gasteiger partial charge in [0.1, 0.15) is 0 Å². The summed E-state index contributed by atoms with van der Waals surface area (Å²) in [6, 6.07) is 0.808. The Balaban J connectivity index is 0. The maximum Gasteiger partial charge on any atom is 0.231 e. The fourth-order valence-electron chi connectivity index (χ4n) is 1.66. The molecule has 1 fully saturated rings. The first-order valence-electron chi connectivity index (χ1n) is 4.36. The van der Waals surface area contributed by atoms with Gasteiger partial charge in [-0.1, -0.05) is 0 Å². The van der Waals surface area contributed by atoms with Crippen LogP contribution < -0.4 is 11.1 Å². The van der Waals surface area contributed by atoms with Crippen LogP contribution in [0.15, 0.2) is 0 Å². The van der Waals surface area contributed by atoms with E-state index in [9.17, 15) is 4.79 Å². The summed E-state index contributed by atoms with van der Waals surface area (Å²) in [6.07, 6.45) is 0. The highest BCUT2D eigenvalue weighted by Gasteiger charge is 2.24. The molecule has 2 atom stereocenters. The number of carbonyl (C=O) groups is 1. The van der Waals surface area contributed by atoms with Gasteiger partial charge in [-0.05, 0) is 13.8 Å². The van der Waals surface area contributed by atoms with E-state index in [4.69, 9.17) is 5.73 Å². The average Bonchev–Trinajstić information content (AvgIpc) is 1.97. The first kappa shape index (κ1) is 16.4. The highest BCUT2D eigenvalue weighted by molar-refractivity contribution is 5.85. The van der Waals surface area contributed by atoms with Gasteiger partial charge in [-0.3, -0.25) is 9.69 Å². The van der Waals surface area contributed by atoms with Crippen molar-refractivity contribution in [3.8, 4) is 0 Å². The molecule has 0 aromatic heterocycles. The van der Waals surface area contributed by atoms with Gasteiger partial charge in [-0.15, -0.1) is 24.8 Å². The molecular formula is C8H19Cl2N3O. The Morgan fingerprint density at radius 3 is 2.14 bits per heavy atom. The second-order valence-electron chi connectivity index (χ2n) is 3.49. The second-order valence-corrected chi connectivity index (χ2v) is 3.49. The zero-order valence-electron chi connectivity index (χ0n) is 8.53. The topological polar surface area (TPSA) is 58.4 Å². The Hall–Kier alpha value is -0.0300. The van der Waals surface area contributed by atoms with Gasteiger partial charge < -0.3 is 11.1 Å². The summed E-state index contributed by atoms with van der Waals surface area (Å²) in [6.45, 7) is 6.47. The van der Waals surface area contributed by atoms with Crippen LogP contribution in [0.1, 0.15) is 13.8 Å². The van der Waals surface area contributed by atoms with Crippen LogP contribution >= 0.6 is 24.8 Å². The van der Waals surface area contributed by atoms with Gasteiger partial charge in [0.25, 0.3) is 0 Å². The molecule has 1 heterocycles. The minimum atomic E-state index is -0.240. The summed E-state index contributed by atoms with van der Waals surface area (Å²) in [5.41, 5.74) is 5.15. The minimum absolute atomic E-state index is 0. The Morgan fingerprint density at radius 1 is 1.36 bits per heavy atom. The van der Waals surface area contributed by atoms with Crippen molar-refractivity contribution in [2.75, 3.05) is 19.6 Å². The van der Waals surface area contributed by atoms with E-state index in [0.29, 0.717) is 18.6 Å². The van der Waals surface area contributed by atoms with Crippen molar-refractivity contribution < 1.29 is 4.79 Å². The van der Waals surface area contributed by atoms with E-state index < -0.39 is 0 Å². The molecule has 1 saturated heterocycles. The van der Waals surface area contributed by atoms with Crippen molar-refractivity contribution in [1.82, 2.24) is 10.2 Å². The van der Waals surface area contributed by atoms with Crippen LogP contribution in [0.5, 0.6) is 0 Å². The number of rotatable bonds is 2. The summed E-state index contributed by atoms with van der Waals surface area (Å²) in [5, 5.41) is 3.29. The molecule has 0 saturated carbocycles. The molecule has 3 N–H and O–H groups in total. The third-order valence-electron chi connectivity index (χ3n) is 2.35. The predicted octanol–water partition coefficient (Wildman–Crippen LogP) is -0.00250. The Morgan fingerprint density at radius 2 is 1.79 bits per heavy atom. The molecule has 0 spiro atoms. The zero-order valence-corrected chi connectivity index (χ0v) is 10.2. The number of hydrogen-bond donors (Lipinski definition) is 2. The van der Waals surface area contributed by atoms with E-state index in [1.165, 1.54) is 0 Å². The molecule has 0 aliphatic carbocycles. The van der Waals surface area contributed by atoms with Gasteiger partial charge in [0.15, 0.2) is 0 Å². The first-order valence-corrected chi connectivity index (χ1v) is 4.36. The highest BCUT2D eigenvalue weighted by Crippen LogP contribution is 2.07. The molecule has 4 nitrogen and oxygen atoms in total.